The number of alkyl halides is 5. The predicted octanol–water partition coefficient (Wildman–Crippen LogP) is 2.96. The van der Waals surface area contributed by atoms with Crippen LogP contribution in [0.1, 0.15) is 20.9 Å². The van der Waals surface area contributed by atoms with Crippen molar-refractivity contribution >= 4 is 34.8 Å². The standard InChI is InChI=1S/C11H8Cl2F3N5O/c12-9(13)8-7(4-19-21(8)5-11(14,15)16)10(22)20-6-1-2-17-18-3-6/h1-4,9H,5H2,(H,17,20,22). The first kappa shape index (κ1) is 16.5. The summed E-state index contributed by atoms with van der Waals surface area (Å²) in [6.45, 7) is -1.40. The maximum Gasteiger partial charge on any atom is 0.408 e. The molecule has 0 atom stereocenters. The lowest BCUT2D eigenvalue weighted by Crippen LogP contribution is -2.21. The van der Waals surface area contributed by atoms with E-state index in [0.717, 1.165) is 6.20 Å². The molecule has 11 heteroatoms. The largest absolute Gasteiger partial charge is 0.408 e. The molecular weight excluding hydrogens is 346 g/mol. The number of hydrogen-bond acceptors (Lipinski definition) is 4. The SMILES string of the molecule is O=C(Nc1ccnnc1)c1cnn(CC(F)(F)F)c1C(Cl)Cl. The quantitative estimate of drug-likeness (QED) is 0.857. The number of halogens is 5. The van der Waals surface area contributed by atoms with Crippen LogP contribution in [0.3, 0.4) is 0 Å². The number of carbonyl (C=O) groups excluding carboxylic acids is 1. The van der Waals surface area contributed by atoms with Crippen molar-refractivity contribution in [2.45, 2.75) is 17.6 Å². The van der Waals surface area contributed by atoms with E-state index in [1.54, 1.807) is 0 Å². The Morgan fingerprint density at radius 3 is 2.59 bits per heavy atom. The molecule has 1 N–H and O–H groups in total. The topological polar surface area (TPSA) is 72.7 Å². The van der Waals surface area contributed by atoms with Crippen molar-refractivity contribution in [3.63, 3.8) is 0 Å². The van der Waals surface area contributed by atoms with Crippen LogP contribution in [0.25, 0.3) is 0 Å². The van der Waals surface area contributed by atoms with Gasteiger partial charge in [-0.25, -0.2) is 0 Å². The number of nitrogens with one attached hydrogen (secondary N) is 1. The Labute approximate surface area is 132 Å². The highest BCUT2D eigenvalue weighted by Crippen LogP contribution is 2.30. The molecule has 0 unspecified atom stereocenters. The summed E-state index contributed by atoms with van der Waals surface area (Å²) in [5.74, 6) is -0.706. The molecule has 1 amide bonds. The van der Waals surface area contributed by atoms with Crippen LogP contribution >= 0.6 is 23.2 Å². The van der Waals surface area contributed by atoms with Crippen LogP contribution in [0.2, 0.25) is 0 Å². The Balaban J connectivity index is 2.29. The molecule has 2 aromatic rings. The highest BCUT2D eigenvalue weighted by atomic mass is 35.5. The minimum atomic E-state index is -4.52. The van der Waals surface area contributed by atoms with Crippen LogP contribution in [0.15, 0.2) is 24.7 Å². The molecule has 0 radical (unpaired) electrons. The molecule has 0 fully saturated rings. The van der Waals surface area contributed by atoms with Crippen LogP contribution in [0.4, 0.5) is 18.9 Å². The fourth-order valence-corrected chi connectivity index (χ4v) is 2.12. The molecule has 0 aliphatic rings. The second-order valence-electron chi connectivity index (χ2n) is 4.10. The first-order chi connectivity index (χ1) is 10.3. The predicted molar refractivity (Wildman–Crippen MR) is 72.7 cm³/mol. The van der Waals surface area contributed by atoms with Crippen LogP contribution in [0.5, 0.6) is 0 Å². The van der Waals surface area contributed by atoms with Gasteiger partial charge in [0, 0.05) is 0 Å². The number of rotatable bonds is 4. The molecule has 6 nitrogen and oxygen atoms in total. The molecule has 0 bridgehead atoms. The summed E-state index contributed by atoms with van der Waals surface area (Å²) in [5.41, 5.74) is -0.0774. The molecule has 2 heterocycles. The number of amides is 1. The second-order valence-corrected chi connectivity index (χ2v) is 5.20. The van der Waals surface area contributed by atoms with E-state index in [9.17, 15) is 18.0 Å². The van der Waals surface area contributed by atoms with Gasteiger partial charge in [0.2, 0.25) is 0 Å². The zero-order chi connectivity index (χ0) is 16.3. The monoisotopic (exact) mass is 353 g/mol. The van der Waals surface area contributed by atoms with Gasteiger partial charge in [-0.3, -0.25) is 9.48 Å². The molecule has 0 aliphatic carbocycles. The van der Waals surface area contributed by atoms with E-state index in [1.807, 2.05) is 0 Å². The molecule has 0 saturated heterocycles. The van der Waals surface area contributed by atoms with Crippen LogP contribution in [-0.2, 0) is 6.54 Å². The summed E-state index contributed by atoms with van der Waals surface area (Å²) in [4.78, 5) is 10.8. The van der Waals surface area contributed by atoms with E-state index in [4.69, 9.17) is 23.2 Å². The van der Waals surface area contributed by atoms with Gasteiger partial charge in [0.05, 0.1) is 35.5 Å². The van der Waals surface area contributed by atoms with E-state index in [0.29, 0.717) is 10.4 Å². The molecule has 118 valence electrons. The smallest absolute Gasteiger partial charge is 0.320 e. The van der Waals surface area contributed by atoms with Gasteiger partial charge in [-0.2, -0.15) is 28.5 Å². The highest BCUT2D eigenvalue weighted by molar-refractivity contribution is 6.44. The summed E-state index contributed by atoms with van der Waals surface area (Å²) in [6.07, 6.45) is -0.929. The average Bonchev–Trinajstić information content (AvgIpc) is 2.81. The number of anilines is 1. The van der Waals surface area contributed by atoms with Gasteiger partial charge in [-0.15, -0.1) is 0 Å². The van der Waals surface area contributed by atoms with Crippen molar-refractivity contribution in [2.24, 2.45) is 0 Å². The maximum atomic E-state index is 12.5. The third-order valence-corrected chi connectivity index (χ3v) is 2.92. The highest BCUT2D eigenvalue weighted by Gasteiger charge is 2.32. The van der Waals surface area contributed by atoms with Crippen LogP contribution in [-0.4, -0.2) is 32.1 Å². The summed E-state index contributed by atoms with van der Waals surface area (Å²) in [5, 5.41) is 13.0. The molecule has 0 spiro atoms. The van der Waals surface area contributed by atoms with Gasteiger partial charge in [-0.1, -0.05) is 23.2 Å². The van der Waals surface area contributed by atoms with Gasteiger partial charge >= 0.3 is 6.18 Å². The molecule has 2 aromatic heterocycles. The third-order valence-electron chi connectivity index (χ3n) is 2.50. The number of nitrogens with zero attached hydrogens (tertiary/aromatic N) is 4. The van der Waals surface area contributed by atoms with Crippen molar-refractivity contribution in [1.29, 1.82) is 0 Å². The molecule has 0 aliphatic heterocycles. The molecule has 2 rings (SSSR count). The summed E-state index contributed by atoms with van der Waals surface area (Å²) in [6, 6.07) is 1.46. The number of carbonyl (C=O) groups is 1. The molecule has 0 aromatic carbocycles. The minimum Gasteiger partial charge on any atom is -0.320 e. The summed E-state index contributed by atoms with van der Waals surface area (Å²) in [7, 11) is 0. The lowest BCUT2D eigenvalue weighted by molar-refractivity contribution is -0.143. The Bertz CT molecular complexity index is 659. The fourth-order valence-electron chi connectivity index (χ4n) is 1.66. The van der Waals surface area contributed by atoms with Gasteiger partial charge < -0.3 is 5.32 Å². The first-order valence-electron chi connectivity index (χ1n) is 5.76. The van der Waals surface area contributed by atoms with Gasteiger partial charge in [0.25, 0.3) is 5.91 Å². The van der Waals surface area contributed by atoms with Crippen LogP contribution < -0.4 is 5.32 Å². The maximum absolute atomic E-state index is 12.5. The Morgan fingerprint density at radius 2 is 2.05 bits per heavy atom. The van der Waals surface area contributed by atoms with E-state index in [2.05, 4.69) is 20.6 Å². The normalized spacial score (nSPS) is 11.7. The number of aromatic nitrogens is 4. The van der Waals surface area contributed by atoms with E-state index < -0.39 is 23.5 Å². The Hall–Kier alpha value is -1.87. The zero-order valence-corrected chi connectivity index (χ0v) is 12.2. The molecule has 0 saturated carbocycles. The second kappa shape index (κ2) is 6.49. The molecule has 22 heavy (non-hydrogen) atoms. The van der Waals surface area contributed by atoms with Crippen molar-refractivity contribution in [3.8, 4) is 0 Å². The van der Waals surface area contributed by atoms with Crippen molar-refractivity contribution in [2.75, 3.05) is 5.32 Å². The summed E-state index contributed by atoms with van der Waals surface area (Å²) >= 11 is 11.3. The fraction of sp³-hybridized carbons (Fsp3) is 0.273. The van der Waals surface area contributed by atoms with Gasteiger partial charge in [0.1, 0.15) is 11.4 Å². The van der Waals surface area contributed by atoms with Crippen molar-refractivity contribution in [1.82, 2.24) is 20.0 Å². The van der Waals surface area contributed by atoms with Gasteiger partial charge in [0.15, 0.2) is 0 Å². The zero-order valence-electron chi connectivity index (χ0n) is 10.7. The van der Waals surface area contributed by atoms with Gasteiger partial charge in [-0.05, 0) is 6.07 Å². The Morgan fingerprint density at radius 1 is 1.32 bits per heavy atom. The van der Waals surface area contributed by atoms with Crippen molar-refractivity contribution in [3.05, 3.63) is 35.9 Å². The number of hydrogen-bond donors (Lipinski definition) is 1. The summed E-state index contributed by atoms with van der Waals surface area (Å²) < 4.78 is 38.0. The minimum absolute atomic E-state index is 0.156. The van der Waals surface area contributed by atoms with E-state index in [1.165, 1.54) is 18.5 Å². The van der Waals surface area contributed by atoms with E-state index >= 15 is 0 Å². The lowest BCUT2D eigenvalue weighted by atomic mass is 10.2. The van der Waals surface area contributed by atoms with E-state index in [-0.39, 0.29) is 11.3 Å². The first-order valence-corrected chi connectivity index (χ1v) is 6.64. The molecular formula is C11H8Cl2F3N5O. The van der Waals surface area contributed by atoms with Crippen molar-refractivity contribution < 1.29 is 18.0 Å². The average molecular weight is 354 g/mol. The van der Waals surface area contributed by atoms with Crippen LogP contribution in [0, 0.1) is 0 Å². The third kappa shape index (κ3) is 4.08. The lowest BCUT2D eigenvalue weighted by Gasteiger charge is -2.12. The Kier molecular flexibility index (Phi) is 4.87.